The van der Waals surface area contributed by atoms with E-state index in [2.05, 4.69) is 0 Å². The first-order valence-electron chi connectivity index (χ1n) is 5.22. The van der Waals surface area contributed by atoms with Crippen molar-refractivity contribution in [2.45, 2.75) is 19.4 Å². The lowest BCUT2D eigenvalue weighted by atomic mass is 9.77. The Kier molecular flexibility index (Phi) is 2.77. The summed E-state index contributed by atoms with van der Waals surface area (Å²) in [5.74, 6) is 0. The lowest BCUT2D eigenvalue weighted by molar-refractivity contribution is -0.400. The van der Waals surface area contributed by atoms with E-state index in [0.29, 0.717) is 11.0 Å². The molecule has 2 rings (SSSR count). The number of nitrogens with zero attached hydrogens (tertiary/aromatic N) is 1. The molecule has 1 aromatic rings. The maximum Gasteiger partial charge on any atom is 0.492 e. The number of hydrogen-bond acceptors (Lipinski definition) is 4. The molecule has 0 aromatic heterocycles. The standard InChI is InChI=1S/C11H12BNO4/c1-11(2)9-4-3-8(5-6-13(15)16)7-10(9)12(14)17-11/h3-7,14H,1-2H3/b6-5+. The zero-order chi connectivity index (χ0) is 12.6. The van der Waals surface area contributed by atoms with Crippen LogP contribution in [0.2, 0.25) is 0 Å². The summed E-state index contributed by atoms with van der Waals surface area (Å²) in [4.78, 5) is 9.69. The van der Waals surface area contributed by atoms with Crippen molar-refractivity contribution >= 4 is 18.7 Å². The summed E-state index contributed by atoms with van der Waals surface area (Å²) in [7, 11) is -0.969. The van der Waals surface area contributed by atoms with Gasteiger partial charge in [-0.1, -0.05) is 18.2 Å². The highest BCUT2D eigenvalue weighted by molar-refractivity contribution is 6.62. The second-order valence-electron chi connectivity index (χ2n) is 4.43. The Hall–Kier alpha value is -1.66. The second-order valence-corrected chi connectivity index (χ2v) is 4.43. The van der Waals surface area contributed by atoms with E-state index in [0.717, 1.165) is 11.8 Å². The summed E-state index contributed by atoms with van der Waals surface area (Å²) in [6.07, 6.45) is 2.26. The van der Waals surface area contributed by atoms with Crippen LogP contribution in [0.15, 0.2) is 24.4 Å². The molecule has 1 aliphatic rings. The smallest absolute Gasteiger partial charge is 0.423 e. The molecular weight excluding hydrogens is 221 g/mol. The summed E-state index contributed by atoms with van der Waals surface area (Å²) in [6.45, 7) is 3.74. The largest absolute Gasteiger partial charge is 0.492 e. The highest BCUT2D eigenvalue weighted by Gasteiger charge is 2.40. The van der Waals surface area contributed by atoms with Gasteiger partial charge in [0.2, 0.25) is 6.20 Å². The molecule has 0 radical (unpaired) electrons. The lowest BCUT2D eigenvalue weighted by Gasteiger charge is -2.19. The quantitative estimate of drug-likeness (QED) is 0.467. The molecule has 88 valence electrons. The molecule has 0 amide bonds. The monoisotopic (exact) mass is 233 g/mol. The third kappa shape index (κ3) is 2.23. The van der Waals surface area contributed by atoms with Crippen LogP contribution < -0.4 is 5.46 Å². The summed E-state index contributed by atoms with van der Waals surface area (Å²) < 4.78 is 5.40. The van der Waals surface area contributed by atoms with E-state index in [-0.39, 0.29) is 0 Å². The topological polar surface area (TPSA) is 72.6 Å². The van der Waals surface area contributed by atoms with Gasteiger partial charge < -0.3 is 9.68 Å². The normalized spacial score (nSPS) is 17.5. The predicted molar refractivity (Wildman–Crippen MR) is 64.2 cm³/mol. The Labute approximate surface area is 99.0 Å². The zero-order valence-electron chi connectivity index (χ0n) is 9.58. The molecule has 5 nitrogen and oxygen atoms in total. The molecule has 0 bridgehead atoms. The van der Waals surface area contributed by atoms with Crippen LogP contribution in [-0.2, 0) is 10.3 Å². The number of hydrogen-bond donors (Lipinski definition) is 1. The fourth-order valence-corrected chi connectivity index (χ4v) is 1.99. The fourth-order valence-electron chi connectivity index (χ4n) is 1.99. The number of fused-ring (bicyclic) bond motifs is 1. The molecule has 1 N–H and O–H groups in total. The highest BCUT2D eigenvalue weighted by Crippen LogP contribution is 2.29. The van der Waals surface area contributed by atoms with Crippen molar-refractivity contribution in [3.05, 3.63) is 45.6 Å². The van der Waals surface area contributed by atoms with Gasteiger partial charge in [-0.3, -0.25) is 10.1 Å². The molecule has 1 aliphatic heterocycles. The van der Waals surface area contributed by atoms with Crippen LogP contribution in [0.3, 0.4) is 0 Å². The fraction of sp³-hybridized carbons (Fsp3) is 0.273. The van der Waals surface area contributed by atoms with Gasteiger partial charge in [-0.2, -0.15) is 0 Å². The first-order chi connectivity index (χ1) is 7.90. The third-order valence-corrected chi connectivity index (χ3v) is 2.79. The molecule has 0 saturated carbocycles. The van der Waals surface area contributed by atoms with Crippen LogP contribution in [0.5, 0.6) is 0 Å². The van der Waals surface area contributed by atoms with E-state index in [4.69, 9.17) is 4.65 Å². The summed E-state index contributed by atoms with van der Waals surface area (Å²) in [6, 6.07) is 5.29. The van der Waals surface area contributed by atoms with Crippen LogP contribution in [0.1, 0.15) is 25.0 Å². The van der Waals surface area contributed by atoms with E-state index in [1.54, 1.807) is 12.1 Å². The van der Waals surface area contributed by atoms with E-state index in [1.165, 1.54) is 6.08 Å². The van der Waals surface area contributed by atoms with Crippen molar-refractivity contribution in [1.82, 2.24) is 0 Å². The van der Waals surface area contributed by atoms with Crippen molar-refractivity contribution in [2.75, 3.05) is 0 Å². The van der Waals surface area contributed by atoms with Crippen molar-refractivity contribution < 1.29 is 14.6 Å². The van der Waals surface area contributed by atoms with Gasteiger partial charge in [-0.25, -0.2) is 0 Å². The Bertz CT molecular complexity index is 498. The molecule has 0 saturated heterocycles. The second kappa shape index (κ2) is 3.98. The molecule has 17 heavy (non-hydrogen) atoms. The van der Waals surface area contributed by atoms with E-state index in [9.17, 15) is 15.1 Å². The van der Waals surface area contributed by atoms with Crippen molar-refractivity contribution in [3.63, 3.8) is 0 Å². The maximum atomic E-state index is 10.2. The zero-order valence-corrected chi connectivity index (χ0v) is 9.58. The minimum absolute atomic E-state index is 0.524. The van der Waals surface area contributed by atoms with Gasteiger partial charge in [0.1, 0.15) is 0 Å². The Balaban J connectivity index is 2.39. The first kappa shape index (κ1) is 11.8. The van der Waals surface area contributed by atoms with Gasteiger partial charge >= 0.3 is 7.12 Å². The molecular formula is C11H12BNO4. The molecule has 1 aromatic carbocycles. The number of rotatable bonds is 2. The number of benzene rings is 1. The van der Waals surface area contributed by atoms with Gasteiger partial charge in [-0.05, 0) is 30.4 Å². The van der Waals surface area contributed by atoms with Gasteiger partial charge in [0.25, 0.3) is 0 Å². The van der Waals surface area contributed by atoms with Crippen LogP contribution >= 0.6 is 0 Å². The van der Waals surface area contributed by atoms with Crippen LogP contribution in [-0.4, -0.2) is 17.1 Å². The summed E-state index contributed by atoms with van der Waals surface area (Å²) in [5, 5.41) is 20.0. The third-order valence-electron chi connectivity index (χ3n) is 2.79. The van der Waals surface area contributed by atoms with Gasteiger partial charge in [0.05, 0.1) is 10.5 Å². The molecule has 0 unspecified atom stereocenters. The highest BCUT2D eigenvalue weighted by atomic mass is 16.6. The van der Waals surface area contributed by atoms with E-state index < -0.39 is 17.6 Å². The summed E-state index contributed by atoms with van der Waals surface area (Å²) >= 11 is 0. The maximum absolute atomic E-state index is 10.2. The van der Waals surface area contributed by atoms with Gasteiger partial charge in [0.15, 0.2) is 0 Å². The molecule has 6 heteroatoms. The van der Waals surface area contributed by atoms with E-state index >= 15 is 0 Å². The minimum atomic E-state index is -0.969. The Morgan fingerprint density at radius 1 is 1.53 bits per heavy atom. The SMILES string of the molecule is CC1(C)OB(O)c2cc(/C=C/[N+](=O)[O-])ccc21. The number of nitro groups is 1. The van der Waals surface area contributed by atoms with Gasteiger partial charge in [-0.15, -0.1) is 0 Å². The van der Waals surface area contributed by atoms with Crippen molar-refractivity contribution in [2.24, 2.45) is 0 Å². The van der Waals surface area contributed by atoms with Crippen LogP contribution in [0.25, 0.3) is 6.08 Å². The molecule has 0 spiro atoms. The molecule has 1 heterocycles. The van der Waals surface area contributed by atoms with Crippen LogP contribution in [0, 0.1) is 10.1 Å². The van der Waals surface area contributed by atoms with Crippen molar-refractivity contribution in [3.8, 4) is 0 Å². The van der Waals surface area contributed by atoms with Crippen LogP contribution in [0.4, 0.5) is 0 Å². The van der Waals surface area contributed by atoms with Gasteiger partial charge in [0, 0.05) is 6.08 Å². The average molecular weight is 233 g/mol. The Morgan fingerprint density at radius 2 is 2.24 bits per heavy atom. The first-order valence-corrected chi connectivity index (χ1v) is 5.22. The molecule has 0 fully saturated rings. The minimum Gasteiger partial charge on any atom is -0.423 e. The predicted octanol–water partition coefficient (Wildman–Crippen LogP) is 0.887. The average Bonchev–Trinajstić information content (AvgIpc) is 2.46. The lowest BCUT2D eigenvalue weighted by Crippen LogP contribution is -2.28. The summed E-state index contributed by atoms with van der Waals surface area (Å²) in [5.41, 5.74) is 1.71. The molecule has 0 aliphatic carbocycles. The van der Waals surface area contributed by atoms with E-state index in [1.807, 2.05) is 19.9 Å². The Morgan fingerprint density at radius 3 is 2.88 bits per heavy atom. The molecule has 0 atom stereocenters. The van der Waals surface area contributed by atoms with Crippen molar-refractivity contribution in [1.29, 1.82) is 0 Å².